The molecule has 1 aromatic carbocycles. The highest BCUT2D eigenvalue weighted by atomic mass is 16.2. The zero-order chi connectivity index (χ0) is 20.1. The highest BCUT2D eigenvalue weighted by Gasteiger charge is 2.20. The van der Waals surface area contributed by atoms with Crippen LogP contribution in [0.3, 0.4) is 0 Å². The van der Waals surface area contributed by atoms with Gasteiger partial charge in [0, 0.05) is 50.2 Å². The van der Waals surface area contributed by atoms with Gasteiger partial charge in [0.2, 0.25) is 11.9 Å². The molecule has 2 aromatic rings. The molecule has 0 bridgehead atoms. The monoisotopic (exact) mass is 382 g/mol. The van der Waals surface area contributed by atoms with E-state index in [0.717, 1.165) is 38.4 Å². The van der Waals surface area contributed by atoms with Crippen LogP contribution in [-0.2, 0) is 4.79 Å². The van der Waals surface area contributed by atoms with Crippen molar-refractivity contribution in [2.24, 2.45) is 0 Å². The molecule has 0 saturated carbocycles. The van der Waals surface area contributed by atoms with Gasteiger partial charge in [-0.05, 0) is 43.8 Å². The highest BCUT2D eigenvalue weighted by molar-refractivity contribution is 6.03. The first-order chi connectivity index (χ1) is 13.4. The minimum Gasteiger partial charge on any atom is -0.338 e. The third-order valence-electron chi connectivity index (χ3n) is 4.64. The van der Waals surface area contributed by atoms with Crippen LogP contribution in [0.5, 0.6) is 0 Å². The predicted octanol–water partition coefficient (Wildman–Crippen LogP) is 2.14. The molecule has 8 nitrogen and oxygen atoms in total. The van der Waals surface area contributed by atoms with Crippen molar-refractivity contribution < 1.29 is 9.59 Å². The van der Waals surface area contributed by atoms with E-state index in [1.807, 2.05) is 6.92 Å². The van der Waals surface area contributed by atoms with Crippen LogP contribution in [0.25, 0.3) is 0 Å². The Balaban J connectivity index is 1.70. The van der Waals surface area contributed by atoms with Gasteiger partial charge in [-0.1, -0.05) is 6.92 Å². The van der Waals surface area contributed by atoms with Gasteiger partial charge in [-0.3, -0.25) is 9.59 Å². The molecule has 2 N–H and O–H groups in total. The van der Waals surface area contributed by atoms with Crippen LogP contribution in [0, 0.1) is 6.92 Å². The Kier molecular flexibility index (Phi) is 6.20. The first kappa shape index (κ1) is 19.8. The van der Waals surface area contributed by atoms with Crippen LogP contribution < -0.4 is 15.5 Å². The summed E-state index contributed by atoms with van der Waals surface area (Å²) in [6.45, 7) is 10.2. The molecule has 28 heavy (non-hydrogen) atoms. The molecule has 0 unspecified atom stereocenters. The molecule has 0 aliphatic carbocycles. The van der Waals surface area contributed by atoms with E-state index in [9.17, 15) is 9.59 Å². The molecule has 2 heterocycles. The number of piperazine rings is 1. The van der Waals surface area contributed by atoms with Crippen molar-refractivity contribution in [3.05, 3.63) is 41.7 Å². The van der Waals surface area contributed by atoms with Gasteiger partial charge < -0.3 is 20.4 Å². The lowest BCUT2D eigenvalue weighted by atomic mass is 10.2. The number of hydrogen-bond donors (Lipinski definition) is 2. The van der Waals surface area contributed by atoms with Crippen LogP contribution in [-0.4, -0.2) is 59.4 Å². The summed E-state index contributed by atoms with van der Waals surface area (Å²) in [4.78, 5) is 37.3. The first-order valence-electron chi connectivity index (χ1n) is 9.46. The number of aryl methyl sites for hydroxylation is 1. The second kappa shape index (κ2) is 8.79. The summed E-state index contributed by atoms with van der Waals surface area (Å²) in [6, 6.07) is 8.64. The SMILES string of the molecule is CCN1CCN(c2nc(C)cc(C(=O)Nc3ccc(NC(C)=O)cc3)n2)CC1. The quantitative estimate of drug-likeness (QED) is 0.823. The van der Waals surface area contributed by atoms with Crippen molar-refractivity contribution in [3.63, 3.8) is 0 Å². The van der Waals surface area contributed by atoms with Crippen molar-refractivity contribution >= 4 is 29.1 Å². The third-order valence-corrected chi connectivity index (χ3v) is 4.64. The van der Waals surface area contributed by atoms with Crippen LogP contribution in [0.4, 0.5) is 17.3 Å². The van der Waals surface area contributed by atoms with E-state index in [-0.39, 0.29) is 11.8 Å². The average molecular weight is 382 g/mol. The number of likely N-dealkylation sites (N-methyl/N-ethyl adjacent to an activating group) is 1. The zero-order valence-corrected chi connectivity index (χ0v) is 16.5. The molecule has 0 atom stereocenters. The van der Waals surface area contributed by atoms with E-state index in [1.54, 1.807) is 30.3 Å². The molecular formula is C20H26N6O2. The summed E-state index contributed by atoms with van der Waals surface area (Å²) in [5.74, 6) is 0.175. The van der Waals surface area contributed by atoms with Crippen LogP contribution in [0.15, 0.2) is 30.3 Å². The second-order valence-corrected chi connectivity index (χ2v) is 6.83. The lowest BCUT2D eigenvalue weighted by Gasteiger charge is -2.34. The number of amides is 2. The molecule has 1 aromatic heterocycles. The maximum atomic E-state index is 12.7. The van der Waals surface area contributed by atoms with E-state index in [0.29, 0.717) is 23.0 Å². The number of nitrogens with one attached hydrogen (secondary N) is 2. The number of anilines is 3. The van der Waals surface area contributed by atoms with Crippen LogP contribution in [0.1, 0.15) is 30.0 Å². The summed E-state index contributed by atoms with van der Waals surface area (Å²) >= 11 is 0. The molecule has 1 aliphatic rings. The fourth-order valence-corrected chi connectivity index (χ4v) is 3.11. The van der Waals surface area contributed by atoms with E-state index in [1.165, 1.54) is 6.92 Å². The Hall–Kier alpha value is -3.00. The maximum Gasteiger partial charge on any atom is 0.274 e. The lowest BCUT2D eigenvalue weighted by molar-refractivity contribution is -0.114. The van der Waals surface area contributed by atoms with Crippen molar-refractivity contribution in [1.82, 2.24) is 14.9 Å². The molecule has 3 rings (SSSR count). The molecule has 0 spiro atoms. The van der Waals surface area contributed by atoms with Gasteiger partial charge in [-0.25, -0.2) is 9.97 Å². The summed E-state index contributed by atoms with van der Waals surface area (Å²) < 4.78 is 0. The first-order valence-corrected chi connectivity index (χ1v) is 9.46. The van der Waals surface area contributed by atoms with Crippen molar-refractivity contribution in [2.75, 3.05) is 48.3 Å². The number of nitrogens with zero attached hydrogens (tertiary/aromatic N) is 4. The van der Waals surface area contributed by atoms with E-state index >= 15 is 0 Å². The number of benzene rings is 1. The largest absolute Gasteiger partial charge is 0.338 e. The fraction of sp³-hybridized carbons (Fsp3) is 0.400. The molecule has 1 fully saturated rings. The number of carbonyl (C=O) groups excluding carboxylic acids is 2. The van der Waals surface area contributed by atoms with Crippen LogP contribution in [0.2, 0.25) is 0 Å². The number of carbonyl (C=O) groups is 2. The predicted molar refractivity (Wildman–Crippen MR) is 110 cm³/mol. The number of aromatic nitrogens is 2. The molecule has 2 amide bonds. The smallest absolute Gasteiger partial charge is 0.274 e. The summed E-state index contributed by atoms with van der Waals surface area (Å²) in [7, 11) is 0. The molecule has 1 saturated heterocycles. The van der Waals surface area contributed by atoms with Gasteiger partial charge in [-0.15, -0.1) is 0 Å². The second-order valence-electron chi connectivity index (χ2n) is 6.83. The summed E-state index contributed by atoms with van der Waals surface area (Å²) in [6.07, 6.45) is 0. The van der Waals surface area contributed by atoms with Crippen LogP contribution >= 0.6 is 0 Å². The van der Waals surface area contributed by atoms with Gasteiger partial charge in [0.25, 0.3) is 5.91 Å². The van der Waals surface area contributed by atoms with Crippen molar-refractivity contribution in [1.29, 1.82) is 0 Å². The Labute approximate surface area is 165 Å². The minimum atomic E-state index is -0.286. The zero-order valence-electron chi connectivity index (χ0n) is 16.5. The van der Waals surface area contributed by atoms with E-state index in [4.69, 9.17) is 0 Å². The molecule has 8 heteroatoms. The molecular weight excluding hydrogens is 356 g/mol. The molecule has 148 valence electrons. The highest BCUT2D eigenvalue weighted by Crippen LogP contribution is 2.17. The Bertz CT molecular complexity index is 844. The fourth-order valence-electron chi connectivity index (χ4n) is 3.11. The van der Waals surface area contributed by atoms with Gasteiger partial charge in [-0.2, -0.15) is 0 Å². The standard InChI is InChI=1S/C20H26N6O2/c1-4-25-9-11-26(12-10-25)20-21-14(2)13-18(24-20)19(28)23-17-7-5-16(6-8-17)22-15(3)27/h5-8,13H,4,9-12H2,1-3H3,(H,22,27)(H,23,28). The summed E-state index contributed by atoms with van der Waals surface area (Å²) in [5, 5.41) is 5.54. The minimum absolute atomic E-state index is 0.138. The Morgan fingerprint density at radius 3 is 2.18 bits per heavy atom. The van der Waals surface area contributed by atoms with Gasteiger partial charge in [0.15, 0.2) is 0 Å². The number of rotatable bonds is 5. The van der Waals surface area contributed by atoms with E-state index < -0.39 is 0 Å². The van der Waals surface area contributed by atoms with Gasteiger partial charge >= 0.3 is 0 Å². The maximum absolute atomic E-state index is 12.7. The average Bonchev–Trinajstić information content (AvgIpc) is 2.68. The Morgan fingerprint density at radius 1 is 1.00 bits per heavy atom. The third kappa shape index (κ3) is 5.04. The van der Waals surface area contributed by atoms with Crippen molar-refractivity contribution in [2.45, 2.75) is 20.8 Å². The number of hydrogen-bond acceptors (Lipinski definition) is 6. The van der Waals surface area contributed by atoms with Gasteiger partial charge in [0.1, 0.15) is 5.69 Å². The summed E-state index contributed by atoms with van der Waals surface area (Å²) in [5.41, 5.74) is 2.41. The molecule has 0 radical (unpaired) electrons. The Morgan fingerprint density at radius 2 is 1.61 bits per heavy atom. The van der Waals surface area contributed by atoms with Gasteiger partial charge in [0.05, 0.1) is 0 Å². The normalized spacial score (nSPS) is 14.6. The van der Waals surface area contributed by atoms with E-state index in [2.05, 4.69) is 37.3 Å². The lowest BCUT2D eigenvalue weighted by Crippen LogP contribution is -2.47. The van der Waals surface area contributed by atoms with Crippen molar-refractivity contribution in [3.8, 4) is 0 Å². The molecule has 1 aliphatic heterocycles. The topological polar surface area (TPSA) is 90.5 Å².